The Hall–Kier alpha value is -3.79. The molecular weight excluding hydrogens is 430 g/mol. The van der Waals surface area contributed by atoms with E-state index in [0.717, 1.165) is 48.6 Å². The van der Waals surface area contributed by atoms with Crippen molar-refractivity contribution < 1.29 is 4.79 Å². The van der Waals surface area contributed by atoms with Crippen LogP contribution in [-0.2, 0) is 6.54 Å². The van der Waals surface area contributed by atoms with E-state index in [9.17, 15) is 4.79 Å². The molecule has 0 unspecified atom stereocenters. The highest BCUT2D eigenvalue weighted by Gasteiger charge is 2.28. The van der Waals surface area contributed by atoms with Gasteiger partial charge in [0, 0.05) is 50.2 Å². The second-order valence-electron chi connectivity index (χ2n) is 9.63. The molecule has 35 heavy (non-hydrogen) atoms. The van der Waals surface area contributed by atoms with E-state index >= 15 is 0 Å². The molecular formula is C31H33N3O. The number of aryl methyl sites for hydroxylation is 3. The fraction of sp³-hybridized carbons (Fsp3) is 0.258. The zero-order valence-electron chi connectivity index (χ0n) is 20.9. The fourth-order valence-corrected chi connectivity index (χ4v) is 4.98. The summed E-state index contributed by atoms with van der Waals surface area (Å²) in [7, 11) is 0. The van der Waals surface area contributed by atoms with E-state index in [1.165, 1.54) is 22.4 Å². The number of benzene rings is 3. The number of para-hydroxylation sites is 1. The number of hydrogen-bond acceptors (Lipinski definition) is 2. The molecule has 1 aromatic heterocycles. The quantitative estimate of drug-likeness (QED) is 0.358. The van der Waals surface area contributed by atoms with E-state index in [0.29, 0.717) is 6.54 Å². The summed E-state index contributed by atoms with van der Waals surface area (Å²) in [5.41, 5.74) is 8.95. The fourth-order valence-electron chi connectivity index (χ4n) is 4.98. The van der Waals surface area contributed by atoms with Gasteiger partial charge in [0.2, 0.25) is 0 Å². The Bertz CT molecular complexity index is 1300. The van der Waals surface area contributed by atoms with Gasteiger partial charge in [0.1, 0.15) is 5.69 Å². The molecule has 0 aliphatic carbocycles. The lowest BCUT2D eigenvalue weighted by atomic mass is 10.00. The second kappa shape index (κ2) is 9.83. The van der Waals surface area contributed by atoms with Gasteiger partial charge in [-0.25, -0.2) is 0 Å². The first-order chi connectivity index (χ1) is 17.0. The molecule has 0 saturated carbocycles. The van der Waals surface area contributed by atoms with Crippen LogP contribution in [0.2, 0.25) is 0 Å². The molecule has 1 fully saturated rings. The largest absolute Gasteiger partial charge is 0.368 e. The first-order valence-corrected chi connectivity index (χ1v) is 12.4. The maximum Gasteiger partial charge on any atom is 0.271 e. The topological polar surface area (TPSA) is 28.5 Å². The Labute approximate surface area is 208 Å². The van der Waals surface area contributed by atoms with E-state index in [-0.39, 0.29) is 5.91 Å². The van der Waals surface area contributed by atoms with Crippen molar-refractivity contribution in [3.05, 3.63) is 113 Å². The zero-order chi connectivity index (χ0) is 24.4. The number of piperazine rings is 1. The summed E-state index contributed by atoms with van der Waals surface area (Å²) in [5.74, 6) is 0.119. The lowest BCUT2D eigenvalue weighted by Gasteiger charge is -2.36. The van der Waals surface area contributed by atoms with Gasteiger partial charge < -0.3 is 14.4 Å². The molecule has 4 heteroatoms. The van der Waals surface area contributed by atoms with Crippen LogP contribution in [0.4, 0.5) is 5.69 Å². The standard InChI is InChI=1S/C31H33N3O/c1-23-9-13-26(14-10-23)22-34-21-25(3)29(27-15-11-24(2)12-16-27)30(34)31(35)33-19-17-32(18-20-33)28-7-5-4-6-8-28/h4-16,21H,17-20,22H2,1-3H3. The van der Waals surface area contributed by atoms with Crippen molar-refractivity contribution in [2.75, 3.05) is 31.1 Å². The highest BCUT2D eigenvalue weighted by Crippen LogP contribution is 2.32. The van der Waals surface area contributed by atoms with Gasteiger partial charge in [-0.3, -0.25) is 4.79 Å². The van der Waals surface area contributed by atoms with Crippen molar-refractivity contribution in [2.24, 2.45) is 0 Å². The summed E-state index contributed by atoms with van der Waals surface area (Å²) >= 11 is 0. The third-order valence-corrected chi connectivity index (χ3v) is 6.97. The van der Waals surface area contributed by atoms with Gasteiger partial charge in [-0.15, -0.1) is 0 Å². The molecule has 1 saturated heterocycles. The predicted molar refractivity (Wildman–Crippen MR) is 144 cm³/mol. The van der Waals surface area contributed by atoms with Gasteiger partial charge >= 0.3 is 0 Å². The van der Waals surface area contributed by atoms with Crippen molar-refractivity contribution >= 4 is 11.6 Å². The lowest BCUT2D eigenvalue weighted by molar-refractivity contribution is 0.0737. The smallest absolute Gasteiger partial charge is 0.271 e. The first kappa shape index (κ1) is 23.0. The molecule has 0 atom stereocenters. The van der Waals surface area contributed by atoms with E-state index in [1.807, 2.05) is 11.0 Å². The Morgan fingerprint density at radius 2 is 1.34 bits per heavy atom. The van der Waals surface area contributed by atoms with Gasteiger partial charge in [-0.05, 0) is 49.6 Å². The van der Waals surface area contributed by atoms with Gasteiger partial charge in [-0.2, -0.15) is 0 Å². The van der Waals surface area contributed by atoms with Crippen LogP contribution >= 0.6 is 0 Å². The highest BCUT2D eigenvalue weighted by molar-refractivity contribution is 6.00. The summed E-state index contributed by atoms with van der Waals surface area (Å²) in [6, 6.07) is 27.6. The zero-order valence-corrected chi connectivity index (χ0v) is 20.9. The molecule has 4 aromatic rings. The molecule has 0 bridgehead atoms. The third-order valence-electron chi connectivity index (χ3n) is 6.97. The predicted octanol–water partition coefficient (Wildman–Crippen LogP) is 6.09. The Kier molecular flexibility index (Phi) is 6.45. The number of rotatable bonds is 5. The van der Waals surface area contributed by atoms with Crippen molar-refractivity contribution in [3.8, 4) is 11.1 Å². The Morgan fingerprint density at radius 1 is 0.743 bits per heavy atom. The summed E-state index contributed by atoms with van der Waals surface area (Å²) in [6.07, 6.45) is 2.14. The third kappa shape index (κ3) is 4.88. The van der Waals surface area contributed by atoms with Gasteiger partial charge in [0.05, 0.1) is 0 Å². The maximum absolute atomic E-state index is 14.1. The average Bonchev–Trinajstić information content (AvgIpc) is 3.21. The summed E-state index contributed by atoms with van der Waals surface area (Å²) in [4.78, 5) is 18.5. The number of carbonyl (C=O) groups excluding carboxylic acids is 1. The molecule has 1 amide bonds. The number of aromatic nitrogens is 1. The van der Waals surface area contributed by atoms with E-state index < -0.39 is 0 Å². The van der Waals surface area contributed by atoms with Crippen LogP contribution in [0.1, 0.15) is 32.7 Å². The number of hydrogen-bond donors (Lipinski definition) is 0. The van der Waals surface area contributed by atoms with Crippen LogP contribution in [0, 0.1) is 20.8 Å². The minimum Gasteiger partial charge on any atom is -0.368 e. The monoisotopic (exact) mass is 463 g/mol. The molecule has 5 rings (SSSR count). The van der Waals surface area contributed by atoms with Crippen LogP contribution in [0.25, 0.3) is 11.1 Å². The number of anilines is 1. The van der Waals surface area contributed by atoms with Crippen LogP contribution in [0.5, 0.6) is 0 Å². The number of amides is 1. The van der Waals surface area contributed by atoms with E-state index in [1.54, 1.807) is 0 Å². The Morgan fingerprint density at radius 3 is 1.97 bits per heavy atom. The summed E-state index contributed by atoms with van der Waals surface area (Å²) in [6.45, 7) is 10.1. The number of nitrogens with zero attached hydrogens (tertiary/aromatic N) is 3. The van der Waals surface area contributed by atoms with Crippen LogP contribution in [0.15, 0.2) is 85.1 Å². The molecule has 0 N–H and O–H groups in total. The van der Waals surface area contributed by atoms with E-state index in [4.69, 9.17) is 0 Å². The minimum atomic E-state index is 0.119. The maximum atomic E-state index is 14.1. The molecule has 1 aliphatic heterocycles. The van der Waals surface area contributed by atoms with Crippen molar-refractivity contribution in [1.82, 2.24) is 9.47 Å². The van der Waals surface area contributed by atoms with Gasteiger partial charge in [0.25, 0.3) is 5.91 Å². The first-order valence-electron chi connectivity index (χ1n) is 12.4. The molecule has 0 radical (unpaired) electrons. The summed E-state index contributed by atoms with van der Waals surface area (Å²) in [5, 5.41) is 0. The molecule has 2 heterocycles. The van der Waals surface area contributed by atoms with Crippen LogP contribution in [0.3, 0.4) is 0 Å². The van der Waals surface area contributed by atoms with Crippen LogP contribution < -0.4 is 4.90 Å². The average molecular weight is 464 g/mol. The second-order valence-corrected chi connectivity index (χ2v) is 9.63. The molecule has 1 aliphatic rings. The minimum absolute atomic E-state index is 0.119. The van der Waals surface area contributed by atoms with Crippen molar-refractivity contribution in [3.63, 3.8) is 0 Å². The molecule has 4 nitrogen and oxygen atoms in total. The van der Waals surface area contributed by atoms with Crippen molar-refractivity contribution in [2.45, 2.75) is 27.3 Å². The Balaban J connectivity index is 1.47. The number of carbonyl (C=O) groups is 1. The van der Waals surface area contributed by atoms with Crippen molar-refractivity contribution in [1.29, 1.82) is 0 Å². The van der Waals surface area contributed by atoms with Crippen LogP contribution in [-0.4, -0.2) is 41.6 Å². The molecule has 178 valence electrons. The normalized spacial score (nSPS) is 13.8. The SMILES string of the molecule is Cc1ccc(Cn2cc(C)c(-c3ccc(C)cc3)c2C(=O)N2CCN(c3ccccc3)CC2)cc1. The highest BCUT2D eigenvalue weighted by atomic mass is 16.2. The summed E-state index contributed by atoms with van der Waals surface area (Å²) < 4.78 is 2.15. The van der Waals surface area contributed by atoms with Gasteiger partial charge in [-0.1, -0.05) is 77.9 Å². The molecule has 3 aromatic carbocycles. The molecule has 0 spiro atoms. The van der Waals surface area contributed by atoms with Gasteiger partial charge in [0.15, 0.2) is 0 Å². The van der Waals surface area contributed by atoms with E-state index in [2.05, 4.69) is 109 Å². The lowest BCUT2D eigenvalue weighted by Crippen LogP contribution is -2.49.